The molecule has 27 heavy (non-hydrogen) atoms. The fraction of sp³-hybridized carbons (Fsp3) is 0.278. The number of carbonyl (C=O) groups is 1. The molecule has 0 N–H and O–H groups in total. The molecule has 138 valence electrons. The third-order valence-electron chi connectivity index (χ3n) is 4.58. The standard InChI is InChI=1S/C18H18BrN7O/c1-13-16(22-23-26(13)15-6-3-2-5-14(15)19)17(27)24-9-11-25(12-10-24)18-20-7-4-8-21-18/h2-8H,9-12H2,1H3. The van der Waals surface area contributed by atoms with E-state index in [4.69, 9.17) is 0 Å². The third kappa shape index (κ3) is 3.42. The van der Waals surface area contributed by atoms with Crippen molar-refractivity contribution >= 4 is 27.8 Å². The zero-order chi connectivity index (χ0) is 18.8. The van der Waals surface area contributed by atoms with Gasteiger partial charge < -0.3 is 9.80 Å². The minimum absolute atomic E-state index is 0.0977. The summed E-state index contributed by atoms with van der Waals surface area (Å²) in [7, 11) is 0. The minimum Gasteiger partial charge on any atom is -0.337 e. The summed E-state index contributed by atoms with van der Waals surface area (Å²) in [6, 6.07) is 9.51. The van der Waals surface area contributed by atoms with Crippen LogP contribution in [0.1, 0.15) is 16.2 Å². The number of hydrogen-bond donors (Lipinski definition) is 0. The van der Waals surface area contributed by atoms with Crippen LogP contribution in [0.4, 0.5) is 5.95 Å². The van der Waals surface area contributed by atoms with Gasteiger partial charge in [-0.3, -0.25) is 4.79 Å². The number of nitrogens with zero attached hydrogens (tertiary/aromatic N) is 7. The average Bonchev–Trinajstić information content (AvgIpc) is 3.10. The summed E-state index contributed by atoms with van der Waals surface area (Å²) in [4.78, 5) is 25.4. The summed E-state index contributed by atoms with van der Waals surface area (Å²) in [5.74, 6) is 0.597. The Kier molecular flexibility index (Phi) is 4.85. The van der Waals surface area contributed by atoms with E-state index in [9.17, 15) is 4.79 Å². The van der Waals surface area contributed by atoms with Gasteiger partial charge in [-0.05, 0) is 41.1 Å². The monoisotopic (exact) mass is 427 g/mol. The van der Waals surface area contributed by atoms with Gasteiger partial charge in [0, 0.05) is 43.0 Å². The molecular weight excluding hydrogens is 410 g/mol. The van der Waals surface area contributed by atoms with Crippen LogP contribution in [-0.4, -0.2) is 61.9 Å². The molecule has 0 radical (unpaired) electrons. The first-order chi connectivity index (χ1) is 13.1. The van der Waals surface area contributed by atoms with Gasteiger partial charge in [-0.15, -0.1) is 5.10 Å². The molecule has 0 atom stereocenters. The molecule has 2 aromatic heterocycles. The molecule has 0 bridgehead atoms. The zero-order valence-electron chi connectivity index (χ0n) is 14.8. The van der Waals surface area contributed by atoms with Crippen molar-refractivity contribution in [1.82, 2.24) is 29.9 Å². The molecule has 0 aliphatic carbocycles. The lowest BCUT2D eigenvalue weighted by atomic mass is 10.2. The number of carbonyl (C=O) groups excluding carboxylic acids is 1. The number of hydrogen-bond acceptors (Lipinski definition) is 6. The summed E-state index contributed by atoms with van der Waals surface area (Å²) < 4.78 is 2.58. The Hall–Kier alpha value is -2.81. The van der Waals surface area contributed by atoms with E-state index in [1.165, 1.54) is 0 Å². The van der Waals surface area contributed by atoms with Crippen molar-refractivity contribution in [3.8, 4) is 5.69 Å². The van der Waals surface area contributed by atoms with Gasteiger partial charge in [-0.25, -0.2) is 14.6 Å². The molecule has 0 spiro atoms. The van der Waals surface area contributed by atoms with Gasteiger partial charge in [0.1, 0.15) is 0 Å². The van der Waals surface area contributed by atoms with Gasteiger partial charge >= 0.3 is 0 Å². The van der Waals surface area contributed by atoms with Crippen LogP contribution >= 0.6 is 15.9 Å². The maximum Gasteiger partial charge on any atom is 0.276 e. The predicted molar refractivity (Wildman–Crippen MR) is 104 cm³/mol. The van der Waals surface area contributed by atoms with Gasteiger partial charge in [0.2, 0.25) is 5.95 Å². The van der Waals surface area contributed by atoms with E-state index in [2.05, 4.69) is 41.1 Å². The van der Waals surface area contributed by atoms with Crippen molar-refractivity contribution < 1.29 is 4.79 Å². The van der Waals surface area contributed by atoms with Crippen LogP contribution in [0.25, 0.3) is 5.69 Å². The Morgan fingerprint density at radius 3 is 2.44 bits per heavy atom. The normalized spacial score (nSPS) is 14.4. The van der Waals surface area contributed by atoms with Crippen molar-refractivity contribution in [1.29, 1.82) is 0 Å². The third-order valence-corrected chi connectivity index (χ3v) is 5.25. The highest BCUT2D eigenvalue weighted by Gasteiger charge is 2.27. The van der Waals surface area contributed by atoms with Crippen molar-refractivity contribution in [2.45, 2.75) is 6.92 Å². The minimum atomic E-state index is -0.0977. The number of benzene rings is 1. The summed E-state index contributed by atoms with van der Waals surface area (Å²) in [5, 5.41) is 8.33. The molecule has 0 saturated carbocycles. The second-order valence-electron chi connectivity index (χ2n) is 6.21. The lowest BCUT2D eigenvalue weighted by Gasteiger charge is -2.34. The molecule has 8 nitrogen and oxygen atoms in total. The van der Waals surface area contributed by atoms with Crippen LogP contribution in [0.2, 0.25) is 0 Å². The first-order valence-corrected chi connectivity index (χ1v) is 9.43. The number of piperazine rings is 1. The molecule has 1 aromatic carbocycles. The van der Waals surface area contributed by atoms with Crippen molar-refractivity contribution in [2.24, 2.45) is 0 Å². The lowest BCUT2D eigenvalue weighted by molar-refractivity contribution is 0.0739. The van der Waals surface area contributed by atoms with Gasteiger partial charge in [-0.2, -0.15) is 0 Å². The van der Waals surface area contributed by atoms with E-state index in [-0.39, 0.29) is 5.91 Å². The van der Waals surface area contributed by atoms with Crippen LogP contribution in [0.5, 0.6) is 0 Å². The van der Waals surface area contributed by atoms with Gasteiger partial charge in [-0.1, -0.05) is 17.3 Å². The van der Waals surface area contributed by atoms with Crippen LogP contribution in [0.15, 0.2) is 47.2 Å². The Balaban J connectivity index is 1.49. The second kappa shape index (κ2) is 7.43. The average molecular weight is 428 g/mol. The highest BCUT2D eigenvalue weighted by Crippen LogP contribution is 2.22. The molecule has 0 unspecified atom stereocenters. The first kappa shape index (κ1) is 17.6. The Labute approximate surface area is 165 Å². The largest absolute Gasteiger partial charge is 0.337 e. The Morgan fingerprint density at radius 2 is 1.74 bits per heavy atom. The number of para-hydroxylation sites is 1. The molecular formula is C18H18BrN7O. The molecule has 4 rings (SSSR count). The number of rotatable bonds is 3. The molecule has 3 heterocycles. The Bertz CT molecular complexity index is 951. The maximum atomic E-state index is 12.9. The number of aromatic nitrogens is 5. The smallest absolute Gasteiger partial charge is 0.276 e. The Morgan fingerprint density at radius 1 is 1.04 bits per heavy atom. The van der Waals surface area contributed by atoms with Crippen LogP contribution in [0.3, 0.4) is 0 Å². The lowest BCUT2D eigenvalue weighted by Crippen LogP contribution is -2.49. The number of anilines is 1. The van der Waals surface area contributed by atoms with E-state index in [0.29, 0.717) is 37.8 Å². The SMILES string of the molecule is Cc1c(C(=O)N2CCN(c3ncccn3)CC2)nnn1-c1ccccc1Br. The number of halogens is 1. The molecule has 1 amide bonds. The fourth-order valence-corrected chi connectivity index (χ4v) is 3.55. The highest BCUT2D eigenvalue weighted by atomic mass is 79.9. The second-order valence-corrected chi connectivity index (χ2v) is 7.07. The van der Waals surface area contributed by atoms with Crippen molar-refractivity contribution in [2.75, 3.05) is 31.1 Å². The summed E-state index contributed by atoms with van der Waals surface area (Å²) in [5.41, 5.74) is 1.96. The first-order valence-electron chi connectivity index (χ1n) is 8.63. The molecule has 1 aliphatic rings. The molecule has 1 saturated heterocycles. The van der Waals surface area contributed by atoms with Gasteiger partial charge in [0.25, 0.3) is 5.91 Å². The van der Waals surface area contributed by atoms with Crippen LogP contribution in [-0.2, 0) is 0 Å². The maximum absolute atomic E-state index is 12.9. The predicted octanol–water partition coefficient (Wildman–Crippen LogP) is 2.09. The molecule has 9 heteroatoms. The summed E-state index contributed by atoms with van der Waals surface area (Å²) in [6.45, 7) is 4.43. The van der Waals surface area contributed by atoms with Crippen molar-refractivity contribution in [3.05, 3.63) is 58.6 Å². The van der Waals surface area contributed by atoms with Gasteiger partial charge in [0.05, 0.1) is 11.4 Å². The van der Waals surface area contributed by atoms with E-state index in [1.807, 2.05) is 31.2 Å². The van der Waals surface area contributed by atoms with E-state index >= 15 is 0 Å². The fourth-order valence-electron chi connectivity index (χ4n) is 3.09. The quantitative estimate of drug-likeness (QED) is 0.636. The van der Waals surface area contributed by atoms with E-state index in [0.717, 1.165) is 15.9 Å². The van der Waals surface area contributed by atoms with Crippen LogP contribution in [0, 0.1) is 6.92 Å². The topological polar surface area (TPSA) is 80.0 Å². The van der Waals surface area contributed by atoms with Crippen molar-refractivity contribution in [3.63, 3.8) is 0 Å². The van der Waals surface area contributed by atoms with E-state index in [1.54, 1.807) is 28.0 Å². The molecule has 1 aliphatic heterocycles. The number of amides is 1. The van der Waals surface area contributed by atoms with Gasteiger partial charge in [0.15, 0.2) is 5.69 Å². The zero-order valence-corrected chi connectivity index (χ0v) is 16.4. The summed E-state index contributed by atoms with van der Waals surface area (Å²) >= 11 is 3.52. The summed E-state index contributed by atoms with van der Waals surface area (Å²) in [6.07, 6.45) is 3.45. The highest BCUT2D eigenvalue weighted by molar-refractivity contribution is 9.10. The van der Waals surface area contributed by atoms with Crippen LogP contribution < -0.4 is 4.90 Å². The van der Waals surface area contributed by atoms with E-state index < -0.39 is 0 Å². The molecule has 3 aromatic rings. The molecule has 1 fully saturated rings.